The van der Waals surface area contributed by atoms with E-state index in [1.807, 2.05) is 6.92 Å². The van der Waals surface area contributed by atoms with Crippen LogP contribution in [0.4, 0.5) is 5.69 Å². The summed E-state index contributed by atoms with van der Waals surface area (Å²) in [6.07, 6.45) is 7.70. The number of carbonyl (C=O) groups is 2. The molecule has 0 spiro atoms. The van der Waals surface area contributed by atoms with Crippen molar-refractivity contribution >= 4 is 17.6 Å². The van der Waals surface area contributed by atoms with Crippen LogP contribution in [0, 0.1) is 10.1 Å². The van der Waals surface area contributed by atoms with Gasteiger partial charge in [-0.1, -0.05) is 51.2 Å². The SMILES string of the molecule is CCCCCCCCC(C)OC(=O)CCC(=O)OCc1cccc([N+](=O)[O-])c1. The van der Waals surface area contributed by atoms with Crippen LogP contribution in [-0.4, -0.2) is 23.0 Å². The molecule has 7 heteroatoms. The summed E-state index contributed by atoms with van der Waals surface area (Å²) in [4.78, 5) is 33.8. The zero-order valence-electron chi connectivity index (χ0n) is 16.9. The molecule has 0 radical (unpaired) electrons. The first-order chi connectivity index (χ1) is 13.4. The number of nitro groups is 1. The summed E-state index contributed by atoms with van der Waals surface area (Å²) in [6, 6.07) is 5.89. The van der Waals surface area contributed by atoms with E-state index in [1.165, 1.54) is 43.9 Å². The van der Waals surface area contributed by atoms with Crippen LogP contribution >= 0.6 is 0 Å². The highest BCUT2D eigenvalue weighted by atomic mass is 16.6. The smallest absolute Gasteiger partial charge is 0.306 e. The molecule has 0 heterocycles. The van der Waals surface area contributed by atoms with E-state index in [9.17, 15) is 19.7 Å². The number of non-ortho nitro benzene ring substituents is 1. The van der Waals surface area contributed by atoms with E-state index in [0.717, 1.165) is 19.3 Å². The Morgan fingerprint density at radius 3 is 2.46 bits per heavy atom. The Balaban J connectivity index is 2.17. The van der Waals surface area contributed by atoms with Gasteiger partial charge < -0.3 is 9.47 Å². The minimum absolute atomic E-state index is 0.0331. The van der Waals surface area contributed by atoms with E-state index in [0.29, 0.717) is 5.56 Å². The maximum atomic E-state index is 11.8. The highest BCUT2D eigenvalue weighted by molar-refractivity contribution is 5.77. The standard InChI is InChI=1S/C21H31NO6/c1-3-4-5-6-7-8-10-17(2)28-21(24)14-13-20(23)27-16-18-11-9-12-19(15-18)22(25)26/h9,11-12,15,17H,3-8,10,13-14,16H2,1-2H3. The van der Waals surface area contributed by atoms with Crippen molar-refractivity contribution in [2.75, 3.05) is 0 Å². The number of nitro benzene ring substituents is 1. The zero-order chi connectivity index (χ0) is 20.8. The molecule has 1 aromatic carbocycles. The third kappa shape index (κ3) is 10.6. The van der Waals surface area contributed by atoms with Crippen LogP contribution in [0.2, 0.25) is 0 Å². The minimum Gasteiger partial charge on any atom is -0.463 e. The molecule has 0 amide bonds. The maximum absolute atomic E-state index is 11.8. The first-order valence-electron chi connectivity index (χ1n) is 10.0. The molecule has 0 N–H and O–H groups in total. The number of nitrogens with zero attached hydrogens (tertiary/aromatic N) is 1. The summed E-state index contributed by atoms with van der Waals surface area (Å²) < 4.78 is 10.4. The quantitative estimate of drug-likeness (QED) is 0.189. The fourth-order valence-corrected chi connectivity index (χ4v) is 2.75. The Bertz CT molecular complexity index is 631. The average Bonchev–Trinajstić information content (AvgIpc) is 2.67. The van der Waals surface area contributed by atoms with Crippen molar-refractivity contribution in [1.82, 2.24) is 0 Å². The lowest BCUT2D eigenvalue weighted by Gasteiger charge is -2.13. The highest BCUT2D eigenvalue weighted by Crippen LogP contribution is 2.14. The molecule has 0 aliphatic rings. The van der Waals surface area contributed by atoms with Crippen LogP contribution < -0.4 is 0 Å². The average molecular weight is 393 g/mol. The van der Waals surface area contributed by atoms with Crippen molar-refractivity contribution < 1.29 is 24.0 Å². The predicted molar refractivity (Wildman–Crippen MR) is 106 cm³/mol. The van der Waals surface area contributed by atoms with Crippen LogP contribution in [-0.2, 0) is 25.7 Å². The maximum Gasteiger partial charge on any atom is 0.306 e. The van der Waals surface area contributed by atoms with E-state index in [1.54, 1.807) is 6.07 Å². The van der Waals surface area contributed by atoms with Crippen molar-refractivity contribution in [3.05, 3.63) is 39.9 Å². The second-order valence-corrected chi connectivity index (χ2v) is 6.94. The number of hydrogen-bond acceptors (Lipinski definition) is 6. The highest BCUT2D eigenvalue weighted by Gasteiger charge is 2.13. The largest absolute Gasteiger partial charge is 0.463 e. The van der Waals surface area contributed by atoms with Crippen molar-refractivity contribution in [1.29, 1.82) is 0 Å². The molecule has 1 rings (SSSR count). The summed E-state index contributed by atoms with van der Waals surface area (Å²) in [5, 5.41) is 10.7. The van der Waals surface area contributed by atoms with Gasteiger partial charge in [0.05, 0.1) is 23.9 Å². The van der Waals surface area contributed by atoms with E-state index in [-0.39, 0.29) is 31.2 Å². The van der Waals surface area contributed by atoms with Crippen LogP contribution in [0.3, 0.4) is 0 Å². The fraction of sp³-hybridized carbons (Fsp3) is 0.619. The second-order valence-electron chi connectivity index (χ2n) is 6.94. The van der Waals surface area contributed by atoms with Gasteiger partial charge in [-0.05, 0) is 25.3 Å². The molecule has 0 saturated carbocycles. The molecular formula is C21H31NO6. The van der Waals surface area contributed by atoms with E-state index in [2.05, 4.69) is 6.92 Å². The van der Waals surface area contributed by atoms with Gasteiger partial charge in [-0.2, -0.15) is 0 Å². The first kappa shape index (κ1) is 23.6. The van der Waals surface area contributed by atoms with Gasteiger partial charge in [0.1, 0.15) is 6.61 Å². The molecule has 28 heavy (non-hydrogen) atoms. The van der Waals surface area contributed by atoms with E-state index >= 15 is 0 Å². The minimum atomic E-state index is -0.535. The third-order valence-corrected chi connectivity index (χ3v) is 4.35. The number of benzene rings is 1. The lowest BCUT2D eigenvalue weighted by atomic mass is 10.1. The predicted octanol–water partition coefficient (Wildman–Crippen LogP) is 5.10. The monoisotopic (exact) mass is 393 g/mol. The lowest BCUT2D eigenvalue weighted by molar-refractivity contribution is -0.384. The van der Waals surface area contributed by atoms with Gasteiger partial charge in [0.2, 0.25) is 0 Å². The van der Waals surface area contributed by atoms with Crippen LogP contribution in [0.5, 0.6) is 0 Å². The summed E-state index contributed by atoms with van der Waals surface area (Å²) in [5.74, 6) is -0.946. The lowest BCUT2D eigenvalue weighted by Crippen LogP contribution is -2.16. The van der Waals surface area contributed by atoms with Crippen LogP contribution in [0.25, 0.3) is 0 Å². The van der Waals surface area contributed by atoms with Gasteiger partial charge in [-0.3, -0.25) is 19.7 Å². The number of unbranched alkanes of at least 4 members (excludes halogenated alkanes) is 5. The zero-order valence-corrected chi connectivity index (χ0v) is 16.9. The number of hydrogen-bond donors (Lipinski definition) is 0. The normalized spacial score (nSPS) is 11.6. The van der Waals surface area contributed by atoms with E-state index < -0.39 is 16.9 Å². The molecule has 0 aliphatic carbocycles. The van der Waals surface area contributed by atoms with Crippen LogP contribution in [0.15, 0.2) is 24.3 Å². The van der Waals surface area contributed by atoms with Gasteiger partial charge in [0, 0.05) is 12.1 Å². The Morgan fingerprint density at radius 2 is 1.75 bits per heavy atom. The Kier molecular flexibility index (Phi) is 11.5. The summed E-state index contributed by atoms with van der Waals surface area (Å²) in [7, 11) is 0. The van der Waals surface area contributed by atoms with Crippen molar-refractivity contribution in [3.63, 3.8) is 0 Å². The molecule has 1 unspecified atom stereocenters. The van der Waals surface area contributed by atoms with Gasteiger partial charge in [0.25, 0.3) is 5.69 Å². The number of ether oxygens (including phenoxy) is 2. The van der Waals surface area contributed by atoms with Crippen LogP contribution in [0.1, 0.15) is 77.2 Å². The summed E-state index contributed by atoms with van der Waals surface area (Å²) in [5.41, 5.74) is 0.467. The Morgan fingerprint density at radius 1 is 1.07 bits per heavy atom. The van der Waals surface area contributed by atoms with Gasteiger partial charge in [-0.15, -0.1) is 0 Å². The molecule has 0 fully saturated rings. The summed E-state index contributed by atoms with van der Waals surface area (Å²) >= 11 is 0. The fourth-order valence-electron chi connectivity index (χ4n) is 2.75. The van der Waals surface area contributed by atoms with Gasteiger partial charge in [-0.25, -0.2) is 0 Å². The van der Waals surface area contributed by atoms with Gasteiger partial charge in [0.15, 0.2) is 0 Å². The van der Waals surface area contributed by atoms with Crippen molar-refractivity contribution in [3.8, 4) is 0 Å². The molecule has 7 nitrogen and oxygen atoms in total. The molecule has 1 aromatic rings. The molecule has 0 saturated heterocycles. The second kappa shape index (κ2) is 13.7. The first-order valence-corrected chi connectivity index (χ1v) is 10.0. The molecule has 0 aliphatic heterocycles. The van der Waals surface area contributed by atoms with Crippen molar-refractivity contribution in [2.45, 2.75) is 84.3 Å². The molecule has 0 bridgehead atoms. The summed E-state index contributed by atoms with van der Waals surface area (Å²) in [6.45, 7) is 3.99. The molecule has 0 aromatic heterocycles. The Hall–Kier alpha value is -2.44. The number of rotatable bonds is 14. The van der Waals surface area contributed by atoms with Crippen molar-refractivity contribution in [2.24, 2.45) is 0 Å². The third-order valence-electron chi connectivity index (χ3n) is 4.35. The molecule has 1 atom stereocenters. The topological polar surface area (TPSA) is 95.7 Å². The number of carbonyl (C=O) groups excluding carboxylic acids is 2. The molecule has 156 valence electrons. The van der Waals surface area contributed by atoms with E-state index in [4.69, 9.17) is 9.47 Å². The Labute approximate surface area is 166 Å². The molecular weight excluding hydrogens is 362 g/mol. The van der Waals surface area contributed by atoms with Gasteiger partial charge >= 0.3 is 11.9 Å². The number of esters is 2.